The molecule has 1 aromatic rings. The van der Waals surface area contributed by atoms with Crippen molar-refractivity contribution in [3.8, 4) is 0 Å². The molecule has 6 nitrogen and oxygen atoms in total. The number of carbonyl (C=O) groups excluding carboxylic acids is 1. The third-order valence-electron chi connectivity index (χ3n) is 4.43. The molecule has 28 heavy (non-hydrogen) atoms. The van der Waals surface area contributed by atoms with Crippen molar-refractivity contribution in [2.24, 2.45) is 0 Å². The molecule has 3 rings (SSSR count). The summed E-state index contributed by atoms with van der Waals surface area (Å²) in [6.45, 7) is 2.91. The molecule has 0 saturated carbocycles. The van der Waals surface area contributed by atoms with Crippen molar-refractivity contribution in [1.29, 1.82) is 0 Å². The van der Waals surface area contributed by atoms with E-state index in [2.05, 4.69) is 15.6 Å². The number of carbonyl (C=O) groups is 1. The first-order valence-corrected chi connectivity index (χ1v) is 8.79. The smallest absolute Gasteiger partial charge is 0.378 e. The summed E-state index contributed by atoms with van der Waals surface area (Å²) in [4.78, 5) is 17.8. The van der Waals surface area contributed by atoms with Crippen molar-refractivity contribution >= 4 is 48.1 Å². The number of ether oxygens (including phenoxy) is 1. The van der Waals surface area contributed by atoms with Crippen molar-refractivity contribution < 1.29 is 22.7 Å². The maximum absolute atomic E-state index is 12.7. The lowest BCUT2D eigenvalue weighted by atomic mass is 10.1. The van der Waals surface area contributed by atoms with Gasteiger partial charge in [-0.2, -0.15) is 13.2 Å². The zero-order valence-electron chi connectivity index (χ0n) is 14.8. The van der Waals surface area contributed by atoms with Crippen molar-refractivity contribution in [3.63, 3.8) is 0 Å². The highest BCUT2D eigenvalue weighted by molar-refractivity contribution is 6.33. The second-order valence-corrected chi connectivity index (χ2v) is 6.86. The molecule has 3 heterocycles. The highest BCUT2D eigenvalue weighted by Crippen LogP contribution is 2.34. The zero-order valence-corrected chi connectivity index (χ0v) is 17.2. The zero-order chi connectivity index (χ0) is 18.7. The summed E-state index contributed by atoms with van der Waals surface area (Å²) >= 11 is 5.98. The summed E-state index contributed by atoms with van der Waals surface area (Å²) in [7, 11) is 0. The van der Waals surface area contributed by atoms with Crippen LogP contribution < -0.4 is 15.5 Å². The van der Waals surface area contributed by atoms with E-state index in [0.717, 1.165) is 18.8 Å². The third-order valence-corrected chi connectivity index (χ3v) is 4.71. The van der Waals surface area contributed by atoms with Gasteiger partial charge in [0.2, 0.25) is 5.91 Å². The molecular weight excluding hydrogens is 444 g/mol. The number of alkyl halides is 3. The van der Waals surface area contributed by atoms with Crippen LogP contribution in [-0.4, -0.2) is 55.8 Å². The van der Waals surface area contributed by atoms with E-state index >= 15 is 0 Å². The summed E-state index contributed by atoms with van der Waals surface area (Å²) in [6, 6.07) is 0.796. The van der Waals surface area contributed by atoms with Crippen LogP contribution in [0.2, 0.25) is 5.02 Å². The Morgan fingerprint density at radius 3 is 2.79 bits per heavy atom. The lowest BCUT2D eigenvalue weighted by Gasteiger charge is -2.24. The molecule has 0 aromatic carbocycles. The first-order valence-electron chi connectivity index (χ1n) is 8.41. The van der Waals surface area contributed by atoms with Crippen LogP contribution in [0.25, 0.3) is 0 Å². The number of morpholine rings is 1. The van der Waals surface area contributed by atoms with Crippen LogP contribution in [0, 0.1) is 0 Å². The van der Waals surface area contributed by atoms with E-state index in [1.165, 1.54) is 0 Å². The second kappa shape index (κ2) is 10.7. The quantitative estimate of drug-likeness (QED) is 0.716. The molecule has 0 spiro atoms. The van der Waals surface area contributed by atoms with Crippen LogP contribution in [0.3, 0.4) is 0 Å². The van der Waals surface area contributed by atoms with E-state index in [9.17, 15) is 18.0 Å². The van der Waals surface area contributed by atoms with Gasteiger partial charge < -0.3 is 20.3 Å². The van der Waals surface area contributed by atoms with E-state index in [4.69, 9.17) is 16.3 Å². The number of hydrogen-bond donors (Lipinski definition) is 2. The van der Waals surface area contributed by atoms with Gasteiger partial charge in [-0.25, -0.2) is 4.98 Å². The molecule has 2 unspecified atom stereocenters. The maximum Gasteiger partial charge on any atom is 0.417 e. The minimum Gasteiger partial charge on any atom is -0.378 e. The third kappa shape index (κ3) is 6.52. The van der Waals surface area contributed by atoms with Crippen molar-refractivity contribution in [2.45, 2.75) is 31.1 Å². The lowest BCUT2D eigenvalue weighted by Crippen LogP contribution is -2.46. The number of nitrogens with one attached hydrogen (secondary N) is 2. The molecule has 2 aliphatic heterocycles. The molecular formula is C16H22Cl3F3N4O2. The van der Waals surface area contributed by atoms with Crippen LogP contribution >= 0.6 is 36.4 Å². The number of pyridine rings is 1. The van der Waals surface area contributed by atoms with Gasteiger partial charge in [0.15, 0.2) is 0 Å². The van der Waals surface area contributed by atoms with Gasteiger partial charge in [0.1, 0.15) is 5.82 Å². The van der Waals surface area contributed by atoms with Gasteiger partial charge >= 0.3 is 6.18 Å². The first kappa shape index (κ1) is 25.0. The van der Waals surface area contributed by atoms with E-state index in [1.54, 1.807) is 4.90 Å². The Labute approximate surface area is 178 Å². The second-order valence-electron chi connectivity index (χ2n) is 6.46. The van der Waals surface area contributed by atoms with Crippen LogP contribution in [0.1, 0.15) is 18.4 Å². The molecule has 2 fully saturated rings. The molecule has 12 heteroatoms. The highest BCUT2D eigenvalue weighted by atomic mass is 35.5. The van der Waals surface area contributed by atoms with Crippen LogP contribution in [0.5, 0.6) is 0 Å². The van der Waals surface area contributed by atoms with Crippen molar-refractivity contribution in [1.82, 2.24) is 15.6 Å². The SMILES string of the molecule is Cl.Cl.O=C(CC1COCCN1)NC1CCN(c2ncc(C(F)(F)F)cc2Cl)C1. The van der Waals surface area contributed by atoms with Gasteiger partial charge in [0.05, 0.1) is 23.8 Å². The fourth-order valence-electron chi connectivity index (χ4n) is 3.15. The molecule has 0 aliphatic carbocycles. The molecule has 2 aliphatic rings. The van der Waals surface area contributed by atoms with Gasteiger partial charge in [0.25, 0.3) is 0 Å². The Kier molecular flexibility index (Phi) is 9.55. The summed E-state index contributed by atoms with van der Waals surface area (Å²) in [5.41, 5.74) is -0.877. The summed E-state index contributed by atoms with van der Waals surface area (Å²) < 4.78 is 43.4. The van der Waals surface area contributed by atoms with Gasteiger partial charge in [-0.3, -0.25) is 4.79 Å². The highest BCUT2D eigenvalue weighted by Gasteiger charge is 2.33. The molecule has 0 radical (unpaired) electrons. The predicted octanol–water partition coefficient (Wildman–Crippen LogP) is 2.67. The Bertz CT molecular complexity index is 661. The number of hydrogen-bond acceptors (Lipinski definition) is 5. The lowest BCUT2D eigenvalue weighted by molar-refractivity contribution is -0.137. The van der Waals surface area contributed by atoms with E-state index in [-0.39, 0.29) is 47.8 Å². The molecule has 160 valence electrons. The molecule has 2 saturated heterocycles. The molecule has 1 amide bonds. The normalized spacial score (nSPS) is 22.2. The Morgan fingerprint density at radius 1 is 1.43 bits per heavy atom. The minimum atomic E-state index is -4.48. The van der Waals surface area contributed by atoms with Crippen LogP contribution in [-0.2, 0) is 15.7 Å². The number of aromatic nitrogens is 1. The average molecular weight is 466 g/mol. The summed E-state index contributed by atoms with van der Waals surface area (Å²) in [6.07, 6.45) is -2.69. The Morgan fingerprint density at radius 2 is 2.18 bits per heavy atom. The van der Waals surface area contributed by atoms with E-state index in [1.807, 2.05) is 0 Å². The van der Waals surface area contributed by atoms with Gasteiger partial charge in [0, 0.05) is 44.3 Å². The molecule has 1 aromatic heterocycles. The van der Waals surface area contributed by atoms with Gasteiger partial charge in [-0.05, 0) is 12.5 Å². The minimum absolute atomic E-state index is 0. The monoisotopic (exact) mass is 464 g/mol. The first-order chi connectivity index (χ1) is 12.3. The Balaban J connectivity index is 0.00000196. The maximum atomic E-state index is 12.7. The van der Waals surface area contributed by atoms with Crippen molar-refractivity contribution in [2.75, 3.05) is 37.7 Å². The topological polar surface area (TPSA) is 66.5 Å². The van der Waals surface area contributed by atoms with Gasteiger partial charge in [-0.15, -0.1) is 24.8 Å². The fourth-order valence-corrected chi connectivity index (χ4v) is 3.44. The van der Waals surface area contributed by atoms with Gasteiger partial charge in [-0.1, -0.05) is 11.6 Å². The number of amides is 1. The number of anilines is 1. The largest absolute Gasteiger partial charge is 0.417 e. The van der Waals surface area contributed by atoms with Crippen LogP contribution in [0.4, 0.5) is 19.0 Å². The summed E-state index contributed by atoms with van der Waals surface area (Å²) in [5, 5.41) is 6.13. The van der Waals surface area contributed by atoms with E-state index < -0.39 is 11.7 Å². The van der Waals surface area contributed by atoms with E-state index in [0.29, 0.717) is 45.0 Å². The summed E-state index contributed by atoms with van der Waals surface area (Å²) in [5.74, 6) is 0.227. The molecule has 2 atom stereocenters. The van der Waals surface area contributed by atoms with Crippen LogP contribution in [0.15, 0.2) is 12.3 Å². The number of nitrogens with zero attached hydrogens (tertiary/aromatic N) is 2. The Hall–Kier alpha value is -1.00. The fraction of sp³-hybridized carbons (Fsp3) is 0.625. The standard InChI is InChI=1S/C16H20ClF3N4O2.2ClH/c17-13-5-10(16(18,19)20)7-22-15(13)24-3-1-11(8-24)23-14(25)6-12-9-26-4-2-21-12;;/h5,7,11-12,21H,1-4,6,8-9H2,(H,23,25);2*1H. The number of halogens is 6. The van der Waals surface area contributed by atoms with Crippen molar-refractivity contribution in [3.05, 3.63) is 22.8 Å². The number of rotatable bonds is 4. The molecule has 2 N–H and O–H groups in total. The molecule has 0 bridgehead atoms. The average Bonchev–Trinajstić information content (AvgIpc) is 3.02. The predicted molar refractivity (Wildman–Crippen MR) is 105 cm³/mol.